The Morgan fingerprint density at radius 1 is 1.35 bits per heavy atom. The fraction of sp³-hybridized carbons (Fsp3) is 0.533. The Morgan fingerprint density at radius 2 is 1.90 bits per heavy atom. The lowest BCUT2D eigenvalue weighted by atomic mass is 9.86. The van der Waals surface area contributed by atoms with Gasteiger partial charge < -0.3 is 15.4 Å². The first kappa shape index (κ1) is 16.4. The second-order valence-electron chi connectivity index (χ2n) is 5.91. The van der Waals surface area contributed by atoms with Crippen molar-refractivity contribution < 1.29 is 13.9 Å². The third-order valence-electron chi connectivity index (χ3n) is 3.08. The van der Waals surface area contributed by atoms with Gasteiger partial charge in [0.25, 0.3) is 0 Å². The second kappa shape index (κ2) is 6.70. The van der Waals surface area contributed by atoms with Gasteiger partial charge in [-0.1, -0.05) is 20.8 Å². The van der Waals surface area contributed by atoms with Gasteiger partial charge in [-0.3, -0.25) is 4.79 Å². The van der Waals surface area contributed by atoms with Gasteiger partial charge >= 0.3 is 0 Å². The minimum atomic E-state index is -0.543. The van der Waals surface area contributed by atoms with E-state index < -0.39 is 6.04 Å². The average molecular weight is 282 g/mol. The maximum atomic E-state index is 12.7. The number of hydrogen-bond acceptors (Lipinski definition) is 3. The van der Waals surface area contributed by atoms with Crippen LogP contribution in [0.3, 0.4) is 0 Å². The molecule has 0 aliphatic heterocycles. The minimum Gasteiger partial charge on any atom is -0.492 e. The van der Waals surface area contributed by atoms with Crippen molar-refractivity contribution in [1.29, 1.82) is 0 Å². The van der Waals surface area contributed by atoms with Crippen molar-refractivity contribution in [2.24, 2.45) is 11.1 Å². The lowest BCUT2D eigenvalue weighted by Gasteiger charge is -2.29. The molecule has 112 valence electrons. The number of ether oxygens (including phenoxy) is 1. The zero-order chi connectivity index (χ0) is 15.3. The summed E-state index contributed by atoms with van der Waals surface area (Å²) in [4.78, 5) is 13.6. The highest BCUT2D eigenvalue weighted by atomic mass is 19.1. The molecule has 1 aromatic carbocycles. The third kappa shape index (κ3) is 4.81. The predicted octanol–water partition coefficient (Wildman–Crippen LogP) is 2.04. The summed E-state index contributed by atoms with van der Waals surface area (Å²) < 4.78 is 18.2. The zero-order valence-corrected chi connectivity index (χ0v) is 12.5. The first-order chi connectivity index (χ1) is 9.21. The van der Waals surface area contributed by atoms with Gasteiger partial charge in [0.1, 0.15) is 18.2 Å². The topological polar surface area (TPSA) is 55.6 Å². The Kier molecular flexibility index (Phi) is 5.51. The lowest BCUT2D eigenvalue weighted by molar-refractivity contribution is -0.133. The zero-order valence-electron chi connectivity index (χ0n) is 12.5. The number of carbonyl (C=O) groups is 1. The molecule has 5 heteroatoms. The van der Waals surface area contributed by atoms with Crippen LogP contribution in [0, 0.1) is 11.2 Å². The van der Waals surface area contributed by atoms with Gasteiger partial charge in [-0.15, -0.1) is 0 Å². The number of rotatable bonds is 5. The van der Waals surface area contributed by atoms with Crippen LogP contribution in [0.5, 0.6) is 5.75 Å². The molecule has 0 saturated heterocycles. The molecule has 0 radical (unpaired) electrons. The molecule has 0 heterocycles. The largest absolute Gasteiger partial charge is 0.492 e. The molecule has 0 spiro atoms. The quantitative estimate of drug-likeness (QED) is 0.899. The fourth-order valence-electron chi connectivity index (χ4n) is 1.55. The highest BCUT2D eigenvalue weighted by Crippen LogP contribution is 2.18. The standard InChI is InChI=1S/C15H23FN2O2/c1-15(2,3)13(17)14(19)18(4)9-10-20-12-7-5-11(16)6-8-12/h5-8,13H,9-10,17H2,1-4H3/t13-/m1/s1. The first-order valence-corrected chi connectivity index (χ1v) is 6.61. The molecule has 0 unspecified atom stereocenters. The van der Waals surface area contributed by atoms with Gasteiger partial charge in [-0.2, -0.15) is 0 Å². The van der Waals surface area contributed by atoms with Crippen LogP contribution >= 0.6 is 0 Å². The van der Waals surface area contributed by atoms with E-state index in [-0.39, 0.29) is 17.1 Å². The molecule has 0 aliphatic carbocycles. The van der Waals surface area contributed by atoms with E-state index in [9.17, 15) is 9.18 Å². The monoisotopic (exact) mass is 282 g/mol. The summed E-state index contributed by atoms with van der Waals surface area (Å²) in [6.45, 7) is 6.56. The van der Waals surface area contributed by atoms with E-state index in [1.807, 2.05) is 20.8 Å². The van der Waals surface area contributed by atoms with Crippen molar-refractivity contribution in [2.45, 2.75) is 26.8 Å². The summed E-state index contributed by atoms with van der Waals surface area (Å²) >= 11 is 0. The van der Waals surface area contributed by atoms with Crippen molar-refractivity contribution in [2.75, 3.05) is 20.2 Å². The van der Waals surface area contributed by atoms with Gasteiger partial charge in [-0.05, 0) is 29.7 Å². The molecule has 1 aromatic rings. The summed E-state index contributed by atoms with van der Waals surface area (Å²) in [6, 6.07) is 5.23. The number of hydrogen-bond donors (Lipinski definition) is 1. The fourth-order valence-corrected chi connectivity index (χ4v) is 1.55. The Morgan fingerprint density at radius 3 is 2.40 bits per heavy atom. The average Bonchev–Trinajstić information content (AvgIpc) is 2.38. The Labute approximate surface area is 119 Å². The van der Waals surface area contributed by atoms with Gasteiger partial charge in [-0.25, -0.2) is 4.39 Å². The van der Waals surface area contributed by atoms with Crippen molar-refractivity contribution in [1.82, 2.24) is 4.90 Å². The Hall–Kier alpha value is -1.62. The van der Waals surface area contributed by atoms with Crippen molar-refractivity contribution >= 4 is 5.91 Å². The highest BCUT2D eigenvalue weighted by Gasteiger charge is 2.29. The van der Waals surface area contributed by atoms with E-state index in [4.69, 9.17) is 10.5 Å². The summed E-state index contributed by atoms with van der Waals surface area (Å²) in [6.07, 6.45) is 0. The van der Waals surface area contributed by atoms with Gasteiger partial charge in [0.15, 0.2) is 0 Å². The maximum absolute atomic E-state index is 12.7. The molecule has 1 amide bonds. The number of likely N-dealkylation sites (N-methyl/N-ethyl adjacent to an activating group) is 1. The van der Waals surface area contributed by atoms with Crippen LogP contribution in [0.4, 0.5) is 4.39 Å². The highest BCUT2D eigenvalue weighted by molar-refractivity contribution is 5.82. The molecule has 4 nitrogen and oxygen atoms in total. The van der Waals surface area contributed by atoms with Gasteiger partial charge in [0.2, 0.25) is 5.91 Å². The van der Waals surface area contributed by atoms with Crippen molar-refractivity contribution in [3.05, 3.63) is 30.1 Å². The smallest absolute Gasteiger partial charge is 0.239 e. The van der Waals surface area contributed by atoms with Crippen LogP contribution in [0.25, 0.3) is 0 Å². The number of nitrogens with zero attached hydrogens (tertiary/aromatic N) is 1. The molecule has 0 saturated carbocycles. The normalized spacial score (nSPS) is 12.9. The summed E-state index contributed by atoms with van der Waals surface area (Å²) in [5, 5.41) is 0. The minimum absolute atomic E-state index is 0.111. The lowest BCUT2D eigenvalue weighted by Crippen LogP contribution is -2.49. The number of benzene rings is 1. The molecule has 0 fully saturated rings. The Bertz CT molecular complexity index is 440. The van der Waals surface area contributed by atoms with E-state index in [1.54, 1.807) is 24.1 Å². The van der Waals surface area contributed by atoms with E-state index >= 15 is 0 Å². The van der Waals surface area contributed by atoms with E-state index in [0.717, 1.165) is 0 Å². The van der Waals surface area contributed by atoms with E-state index in [0.29, 0.717) is 18.9 Å². The third-order valence-corrected chi connectivity index (χ3v) is 3.08. The van der Waals surface area contributed by atoms with Crippen LogP contribution in [0.2, 0.25) is 0 Å². The predicted molar refractivity (Wildman–Crippen MR) is 77.0 cm³/mol. The van der Waals surface area contributed by atoms with Crippen LogP contribution in [0.1, 0.15) is 20.8 Å². The van der Waals surface area contributed by atoms with Crippen molar-refractivity contribution in [3.8, 4) is 5.75 Å². The summed E-state index contributed by atoms with van der Waals surface area (Å²) in [5.74, 6) is 0.161. The molecule has 0 bridgehead atoms. The van der Waals surface area contributed by atoms with Crippen LogP contribution < -0.4 is 10.5 Å². The molecule has 2 N–H and O–H groups in total. The van der Waals surface area contributed by atoms with E-state index in [1.165, 1.54) is 12.1 Å². The second-order valence-corrected chi connectivity index (χ2v) is 5.91. The number of halogens is 1. The number of nitrogens with two attached hydrogens (primary N) is 1. The molecule has 1 rings (SSSR count). The van der Waals surface area contributed by atoms with Gasteiger partial charge in [0.05, 0.1) is 12.6 Å². The number of amides is 1. The molecular formula is C15H23FN2O2. The SMILES string of the molecule is CN(CCOc1ccc(F)cc1)C(=O)[C@@H](N)C(C)(C)C. The Balaban J connectivity index is 2.41. The van der Waals surface area contributed by atoms with Crippen molar-refractivity contribution in [3.63, 3.8) is 0 Å². The molecular weight excluding hydrogens is 259 g/mol. The maximum Gasteiger partial charge on any atom is 0.239 e. The van der Waals surface area contributed by atoms with Crippen LogP contribution in [-0.4, -0.2) is 37.0 Å². The van der Waals surface area contributed by atoms with E-state index in [2.05, 4.69) is 0 Å². The van der Waals surface area contributed by atoms with Crippen LogP contribution in [0.15, 0.2) is 24.3 Å². The summed E-state index contributed by atoms with van der Waals surface area (Å²) in [5.41, 5.74) is 5.65. The molecule has 1 atom stereocenters. The van der Waals surface area contributed by atoms with Crippen LogP contribution in [-0.2, 0) is 4.79 Å². The molecule has 0 aromatic heterocycles. The summed E-state index contributed by atoms with van der Waals surface area (Å²) in [7, 11) is 1.70. The van der Waals surface area contributed by atoms with Gasteiger partial charge in [0, 0.05) is 7.05 Å². The number of carbonyl (C=O) groups excluding carboxylic acids is 1. The molecule has 0 aliphatic rings. The molecule has 20 heavy (non-hydrogen) atoms. The first-order valence-electron chi connectivity index (χ1n) is 6.61.